The van der Waals surface area contributed by atoms with Gasteiger partial charge in [0.2, 0.25) is 0 Å². The zero-order valence-electron chi connectivity index (χ0n) is 18.9. The maximum absolute atomic E-state index is 13.5. The minimum Gasteiger partial charge on any atom is -0.507 e. The monoisotopic (exact) mass is 463 g/mol. The molecule has 0 saturated carbocycles. The van der Waals surface area contributed by atoms with Crippen molar-refractivity contribution in [1.82, 2.24) is 4.57 Å². The Morgan fingerprint density at radius 3 is 2.55 bits per heavy atom. The van der Waals surface area contributed by atoms with Gasteiger partial charge in [0.15, 0.2) is 4.80 Å². The van der Waals surface area contributed by atoms with Crippen molar-refractivity contribution in [3.63, 3.8) is 0 Å². The molecule has 8 heteroatoms. The van der Waals surface area contributed by atoms with Gasteiger partial charge < -0.3 is 14.7 Å². The van der Waals surface area contributed by atoms with Crippen LogP contribution in [-0.4, -0.2) is 36.3 Å². The standard InChI is InChI=1S/C25H25N3O4S/c1-5-32-24(31)21-15(2)26-25-28(22(21)16-10-12-18(13-11-16)27(3)4)23(30)20(33-25)14-17-8-6-7-9-19(17)29/h6-14,22,29H,5H2,1-4H3/b20-14+. The number of hydrogen-bond acceptors (Lipinski definition) is 7. The second-order valence-corrected chi connectivity index (χ2v) is 8.86. The van der Waals surface area contributed by atoms with E-state index in [9.17, 15) is 14.7 Å². The zero-order valence-corrected chi connectivity index (χ0v) is 19.7. The number of aromatic hydroxyl groups is 1. The predicted octanol–water partition coefficient (Wildman–Crippen LogP) is 2.57. The fraction of sp³-hybridized carbons (Fsp3) is 0.240. The number of nitrogens with zero attached hydrogens (tertiary/aromatic N) is 3. The SMILES string of the molecule is CCOC(=O)C1=C(C)N=c2s/c(=C/c3ccccc3O)c(=O)n2C1c1ccc(N(C)C)cc1. The molecule has 1 aliphatic rings. The second kappa shape index (κ2) is 9.07. The van der Waals surface area contributed by atoms with E-state index in [-0.39, 0.29) is 17.9 Å². The first kappa shape index (κ1) is 22.5. The lowest BCUT2D eigenvalue weighted by molar-refractivity contribution is -0.139. The fourth-order valence-corrected chi connectivity index (χ4v) is 4.85. The zero-order chi connectivity index (χ0) is 23.7. The van der Waals surface area contributed by atoms with Crippen LogP contribution in [0, 0.1) is 0 Å². The second-order valence-electron chi connectivity index (χ2n) is 7.85. The highest BCUT2D eigenvalue weighted by molar-refractivity contribution is 7.07. The lowest BCUT2D eigenvalue weighted by Gasteiger charge is -2.25. The van der Waals surface area contributed by atoms with E-state index < -0.39 is 12.0 Å². The molecule has 0 aliphatic carbocycles. The van der Waals surface area contributed by atoms with Gasteiger partial charge in [-0.2, -0.15) is 0 Å². The number of ether oxygens (including phenoxy) is 1. The van der Waals surface area contributed by atoms with Crippen molar-refractivity contribution in [1.29, 1.82) is 0 Å². The highest BCUT2D eigenvalue weighted by Gasteiger charge is 2.33. The van der Waals surface area contributed by atoms with Crippen molar-refractivity contribution < 1.29 is 14.6 Å². The Labute approximate surface area is 195 Å². The number of fused-ring (bicyclic) bond motifs is 1. The minimum absolute atomic E-state index is 0.0857. The molecule has 170 valence electrons. The summed E-state index contributed by atoms with van der Waals surface area (Å²) < 4.78 is 7.28. The molecule has 2 heterocycles. The minimum atomic E-state index is -0.664. The molecule has 0 radical (unpaired) electrons. The molecular weight excluding hydrogens is 438 g/mol. The average Bonchev–Trinajstić information content (AvgIpc) is 3.09. The molecule has 33 heavy (non-hydrogen) atoms. The summed E-state index contributed by atoms with van der Waals surface area (Å²) in [4.78, 5) is 33.5. The molecule has 2 aromatic carbocycles. The molecular formula is C25H25N3O4S. The maximum Gasteiger partial charge on any atom is 0.338 e. The third kappa shape index (κ3) is 4.21. The summed E-state index contributed by atoms with van der Waals surface area (Å²) in [5.41, 5.74) is 2.91. The average molecular weight is 464 g/mol. The van der Waals surface area contributed by atoms with Gasteiger partial charge in [-0.05, 0) is 43.7 Å². The summed E-state index contributed by atoms with van der Waals surface area (Å²) in [6.07, 6.45) is 1.65. The Morgan fingerprint density at radius 1 is 1.21 bits per heavy atom. The lowest BCUT2D eigenvalue weighted by atomic mass is 9.95. The Kier molecular flexibility index (Phi) is 6.20. The number of thiazole rings is 1. The topological polar surface area (TPSA) is 84.1 Å². The number of allylic oxidation sites excluding steroid dienone is 1. The molecule has 7 nitrogen and oxygen atoms in total. The van der Waals surface area contributed by atoms with Gasteiger partial charge in [-0.3, -0.25) is 9.36 Å². The van der Waals surface area contributed by atoms with Crippen molar-refractivity contribution in [2.75, 3.05) is 25.6 Å². The van der Waals surface area contributed by atoms with Crippen molar-refractivity contribution in [2.45, 2.75) is 19.9 Å². The molecule has 0 fully saturated rings. The third-order valence-corrected chi connectivity index (χ3v) is 6.45. The van der Waals surface area contributed by atoms with Crippen molar-refractivity contribution in [2.24, 2.45) is 4.99 Å². The number of hydrogen-bond donors (Lipinski definition) is 1. The number of esters is 1. The molecule has 1 atom stereocenters. The molecule has 0 amide bonds. The molecule has 0 saturated heterocycles. The molecule has 1 aliphatic heterocycles. The highest BCUT2D eigenvalue weighted by Crippen LogP contribution is 2.31. The van der Waals surface area contributed by atoms with Crippen LogP contribution in [0.5, 0.6) is 5.75 Å². The number of para-hydroxylation sites is 1. The van der Waals surface area contributed by atoms with Gasteiger partial charge in [0.25, 0.3) is 5.56 Å². The summed E-state index contributed by atoms with van der Waals surface area (Å²) >= 11 is 1.23. The van der Waals surface area contributed by atoms with Gasteiger partial charge in [-0.1, -0.05) is 41.7 Å². The fourth-order valence-electron chi connectivity index (χ4n) is 3.81. The Hall–Kier alpha value is -3.65. The number of phenols is 1. The van der Waals surface area contributed by atoms with Crippen LogP contribution >= 0.6 is 11.3 Å². The number of anilines is 1. The first-order valence-corrected chi connectivity index (χ1v) is 11.4. The van der Waals surface area contributed by atoms with E-state index in [2.05, 4.69) is 4.99 Å². The van der Waals surface area contributed by atoms with E-state index in [0.29, 0.717) is 26.2 Å². The van der Waals surface area contributed by atoms with Crippen LogP contribution in [0.1, 0.15) is 31.0 Å². The number of carbonyl (C=O) groups is 1. The van der Waals surface area contributed by atoms with Crippen LogP contribution < -0.4 is 19.8 Å². The first-order chi connectivity index (χ1) is 15.8. The van der Waals surface area contributed by atoms with Crippen LogP contribution in [0.15, 0.2) is 69.6 Å². The number of rotatable bonds is 5. The molecule has 1 aromatic heterocycles. The number of phenolic OH excluding ortho intramolecular Hbond substituents is 1. The third-order valence-electron chi connectivity index (χ3n) is 5.47. The molecule has 0 spiro atoms. The van der Waals surface area contributed by atoms with Gasteiger partial charge in [-0.25, -0.2) is 9.79 Å². The Balaban J connectivity index is 1.95. The first-order valence-electron chi connectivity index (χ1n) is 10.6. The predicted molar refractivity (Wildman–Crippen MR) is 129 cm³/mol. The lowest BCUT2D eigenvalue weighted by Crippen LogP contribution is -2.39. The Morgan fingerprint density at radius 2 is 1.91 bits per heavy atom. The molecule has 0 bridgehead atoms. The maximum atomic E-state index is 13.5. The van der Waals surface area contributed by atoms with E-state index >= 15 is 0 Å². The van der Waals surface area contributed by atoms with Crippen LogP contribution in [0.3, 0.4) is 0 Å². The normalized spacial score (nSPS) is 15.8. The van der Waals surface area contributed by atoms with Gasteiger partial charge in [0, 0.05) is 25.3 Å². The van der Waals surface area contributed by atoms with Crippen LogP contribution in [0.2, 0.25) is 0 Å². The summed E-state index contributed by atoms with van der Waals surface area (Å²) in [6, 6.07) is 13.9. The molecule has 4 rings (SSSR count). The quantitative estimate of drug-likeness (QED) is 0.588. The molecule has 1 unspecified atom stereocenters. The number of aromatic nitrogens is 1. The summed E-state index contributed by atoms with van der Waals surface area (Å²) in [5.74, 6) is -0.405. The summed E-state index contributed by atoms with van der Waals surface area (Å²) in [7, 11) is 3.90. The van der Waals surface area contributed by atoms with E-state index in [0.717, 1.165) is 11.3 Å². The van der Waals surface area contributed by atoms with E-state index in [1.807, 2.05) is 43.3 Å². The Bertz CT molecular complexity index is 1420. The van der Waals surface area contributed by atoms with Crippen LogP contribution in [-0.2, 0) is 9.53 Å². The largest absolute Gasteiger partial charge is 0.507 e. The summed E-state index contributed by atoms with van der Waals surface area (Å²) in [5, 5.41) is 10.1. The van der Waals surface area contributed by atoms with Gasteiger partial charge >= 0.3 is 5.97 Å². The van der Waals surface area contributed by atoms with Crippen molar-refractivity contribution in [3.05, 3.63) is 90.6 Å². The van der Waals surface area contributed by atoms with Crippen molar-refractivity contribution >= 4 is 29.1 Å². The van der Waals surface area contributed by atoms with E-state index in [1.165, 1.54) is 11.3 Å². The smallest absolute Gasteiger partial charge is 0.338 e. The highest BCUT2D eigenvalue weighted by atomic mass is 32.1. The van der Waals surface area contributed by atoms with Crippen LogP contribution in [0.4, 0.5) is 5.69 Å². The van der Waals surface area contributed by atoms with Gasteiger partial charge in [0.05, 0.1) is 28.5 Å². The molecule has 1 N–H and O–H groups in total. The molecule has 3 aromatic rings. The number of benzene rings is 2. The summed E-state index contributed by atoms with van der Waals surface area (Å²) in [6.45, 7) is 3.73. The van der Waals surface area contributed by atoms with Gasteiger partial charge in [0.1, 0.15) is 5.75 Å². The van der Waals surface area contributed by atoms with Crippen LogP contribution in [0.25, 0.3) is 6.08 Å². The van der Waals surface area contributed by atoms with E-state index in [4.69, 9.17) is 4.74 Å². The van der Waals surface area contributed by atoms with Crippen molar-refractivity contribution in [3.8, 4) is 5.75 Å². The van der Waals surface area contributed by atoms with Gasteiger partial charge in [-0.15, -0.1) is 0 Å². The van der Waals surface area contributed by atoms with E-state index in [1.54, 1.807) is 48.8 Å². The number of carbonyl (C=O) groups excluding carboxylic acids is 1.